The van der Waals surface area contributed by atoms with E-state index >= 15 is 0 Å². The van der Waals surface area contributed by atoms with Crippen LogP contribution in [0, 0.1) is 13.8 Å². The first-order valence-corrected chi connectivity index (χ1v) is 11.1. The Kier molecular flexibility index (Phi) is 7.11. The molecule has 0 radical (unpaired) electrons. The van der Waals surface area contributed by atoms with Crippen LogP contribution in [0.2, 0.25) is 0 Å². The molecular weight excluding hydrogens is 444 g/mol. The van der Waals surface area contributed by atoms with Crippen molar-refractivity contribution in [3.05, 3.63) is 102 Å². The summed E-state index contributed by atoms with van der Waals surface area (Å²) in [7, 11) is 0. The van der Waals surface area contributed by atoms with E-state index in [1.807, 2.05) is 98.9 Å². The summed E-state index contributed by atoms with van der Waals surface area (Å²) in [5, 5.41) is 17.3. The van der Waals surface area contributed by atoms with E-state index in [9.17, 15) is 14.7 Å². The van der Waals surface area contributed by atoms with Gasteiger partial charge in [-0.05, 0) is 54.8 Å². The molecule has 0 unspecified atom stereocenters. The first-order valence-electron chi connectivity index (χ1n) is 11.1. The highest BCUT2D eigenvalue weighted by Gasteiger charge is 2.24. The lowest BCUT2D eigenvalue weighted by molar-refractivity contribution is -0.135. The standard InChI is InChI=1S/C27H26N4O4/c1-19-15-22(28-24-13-14-31(29-24)23-11-7-4-8-12-23)16-20(2)26(19)30(17-25(32)33)27(34)35-18-21-9-5-3-6-10-21/h3-16H,17-18H2,1-2H3,(H,28,29)(H,32,33). The van der Waals surface area contributed by atoms with Gasteiger partial charge in [-0.3, -0.25) is 9.69 Å². The zero-order valence-electron chi connectivity index (χ0n) is 19.5. The molecule has 178 valence electrons. The number of benzene rings is 3. The van der Waals surface area contributed by atoms with Gasteiger partial charge in [0.1, 0.15) is 13.2 Å². The zero-order chi connectivity index (χ0) is 24.8. The van der Waals surface area contributed by atoms with Gasteiger partial charge in [-0.1, -0.05) is 48.5 Å². The molecule has 0 saturated heterocycles. The molecule has 0 fully saturated rings. The van der Waals surface area contributed by atoms with Crippen molar-refractivity contribution < 1.29 is 19.4 Å². The summed E-state index contributed by atoms with van der Waals surface area (Å²) < 4.78 is 7.19. The smallest absolute Gasteiger partial charge is 0.415 e. The first-order chi connectivity index (χ1) is 16.9. The second kappa shape index (κ2) is 10.6. The lowest BCUT2D eigenvalue weighted by Gasteiger charge is -2.25. The van der Waals surface area contributed by atoms with Crippen LogP contribution in [-0.2, 0) is 16.1 Å². The number of hydrogen-bond acceptors (Lipinski definition) is 5. The minimum atomic E-state index is -1.13. The Hall–Kier alpha value is -4.59. The number of hydrogen-bond donors (Lipinski definition) is 2. The Morgan fingerprint density at radius 3 is 2.23 bits per heavy atom. The van der Waals surface area contributed by atoms with Gasteiger partial charge in [0.05, 0.1) is 11.4 Å². The van der Waals surface area contributed by atoms with Gasteiger partial charge in [0.25, 0.3) is 0 Å². The van der Waals surface area contributed by atoms with E-state index in [0.29, 0.717) is 11.5 Å². The number of carboxylic acid groups (broad SMARTS) is 1. The van der Waals surface area contributed by atoms with E-state index in [4.69, 9.17) is 4.74 Å². The van der Waals surface area contributed by atoms with Crippen LogP contribution in [0.1, 0.15) is 16.7 Å². The van der Waals surface area contributed by atoms with Crippen LogP contribution in [0.3, 0.4) is 0 Å². The Bertz CT molecular complexity index is 1300. The molecule has 4 aromatic rings. The maximum atomic E-state index is 12.9. The van der Waals surface area contributed by atoms with Crippen LogP contribution in [0.15, 0.2) is 85.1 Å². The molecule has 35 heavy (non-hydrogen) atoms. The molecule has 8 nitrogen and oxygen atoms in total. The summed E-state index contributed by atoms with van der Waals surface area (Å²) >= 11 is 0. The number of amides is 1. The molecule has 0 atom stereocenters. The van der Waals surface area contributed by atoms with Crippen molar-refractivity contribution in [1.29, 1.82) is 0 Å². The van der Waals surface area contributed by atoms with Crippen LogP contribution >= 0.6 is 0 Å². The highest BCUT2D eigenvalue weighted by Crippen LogP contribution is 2.30. The van der Waals surface area contributed by atoms with E-state index in [0.717, 1.165) is 33.0 Å². The first kappa shape index (κ1) is 23.6. The van der Waals surface area contributed by atoms with E-state index in [1.54, 1.807) is 4.68 Å². The van der Waals surface area contributed by atoms with Crippen molar-refractivity contribution in [2.75, 3.05) is 16.8 Å². The van der Waals surface area contributed by atoms with Gasteiger partial charge in [0.2, 0.25) is 0 Å². The summed E-state index contributed by atoms with van der Waals surface area (Å²) in [5.41, 5.74) is 4.50. The Morgan fingerprint density at radius 1 is 0.971 bits per heavy atom. The van der Waals surface area contributed by atoms with Crippen molar-refractivity contribution in [3.63, 3.8) is 0 Å². The summed E-state index contributed by atoms with van der Waals surface area (Å²) in [6, 6.07) is 24.6. The second-order valence-electron chi connectivity index (χ2n) is 8.08. The molecule has 3 aromatic carbocycles. The van der Waals surface area contributed by atoms with Gasteiger partial charge < -0.3 is 15.2 Å². The third kappa shape index (κ3) is 5.86. The predicted molar refractivity (Wildman–Crippen MR) is 134 cm³/mol. The average molecular weight is 471 g/mol. The third-order valence-corrected chi connectivity index (χ3v) is 5.36. The van der Waals surface area contributed by atoms with Crippen LogP contribution < -0.4 is 10.2 Å². The maximum Gasteiger partial charge on any atom is 0.415 e. The molecule has 1 aromatic heterocycles. The highest BCUT2D eigenvalue weighted by atomic mass is 16.6. The molecule has 4 rings (SSSR count). The van der Waals surface area contributed by atoms with Gasteiger partial charge >= 0.3 is 12.1 Å². The molecule has 0 aliphatic rings. The maximum absolute atomic E-state index is 12.9. The summed E-state index contributed by atoms with van der Waals surface area (Å²) in [5.74, 6) is -0.473. The monoisotopic (exact) mass is 470 g/mol. The summed E-state index contributed by atoms with van der Waals surface area (Å²) in [4.78, 5) is 25.6. The molecule has 0 saturated carbocycles. The number of para-hydroxylation sites is 1. The third-order valence-electron chi connectivity index (χ3n) is 5.36. The van der Waals surface area contributed by atoms with Gasteiger partial charge in [0, 0.05) is 18.0 Å². The number of aryl methyl sites for hydroxylation is 2. The quantitative estimate of drug-likeness (QED) is 0.355. The number of anilines is 3. The van der Waals surface area contributed by atoms with Crippen molar-refractivity contribution >= 4 is 29.3 Å². The van der Waals surface area contributed by atoms with Gasteiger partial charge in [0.15, 0.2) is 5.82 Å². The predicted octanol–water partition coefficient (Wildman–Crippen LogP) is 5.46. The Labute approximate surface area is 203 Å². The molecule has 8 heteroatoms. The zero-order valence-corrected chi connectivity index (χ0v) is 19.5. The Balaban J connectivity index is 1.54. The number of ether oxygens (including phenoxy) is 1. The molecule has 1 amide bonds. The molecule has 0 bridgehead atoms. The van der Waals surface area contributed by atoms with Crippen molar-refractivity contribution in [3.8, 4) is 5.69 Å². The number of aliphatic carboxylic acids is 1. The topological polar surface area (TPSA) is 96.7 Å². The lowest BCUT2D eigenvalue weighted by atomic mass is 10.1. The molecule has 0 aliphatic heterocycles. The molecule has 1 heterocycles. The number of nitrogens with one attached hydrogen (secondary N) is 1. The largest absolute Gasteiger partial charge is 0.480 e. The molecule has 2 N–H and O–H groups in total. The van der Waals surface area contributed by atoms with Crippen LogP contribution in [0.5, 0.6) is 0 Å². The molecule has 0 aliphatic carbocycles. The number of aromatic nitrogens is 2. The van der Waals surface area contributed by atoms with Crippen LogP contribution in [0.25, 0.3) is 5.69 Å². The highest BCUT2D eigenvalue weighted by molar-refractivity contribution is 5.95. The molecular formula is C27H26N4O4. The minimum absolute atomic E-state index is 0.0532. The SMILES string of the molecule is Cc1cc(Nc2ccn(-c3ccccc3)n2)cc(C)c1N(CC(=O)O)C(=O)OCc1ccccc1. The Morgan fingerprint density at radius 2 is 1.60 bits per heavy atom. The lowest BCUT2D eigenvalue weighted by Crippen LogP contribution is -2.37. The average Bonchev–Trinajstić information content (AvgIpc) is 3.31. The molecule has 0 spiro atoms. The normalized spacial score (nSPS) is 10.6. The number of rotatable bonds is 8. The van der Waals surface area contributed by atoms with Crippen LogP contribution in [-0.4, -0.2) is 33.5 Å². The van der Waals surface area contributed by atoms with E-state index < -0.39 is 18.6 Å². The summed E-state index contributed by atoms with van der Waals surface area (Å²) in [6.45, 7) is 3.20. The van der Waals surface area contributed by atoms with Crippen LogP contribution in [0.4, 0.5) is 22.0 Å². The fourth-order valence-electron chi connectivity index (χ4n) is 3.88. The van der Waals surface area contributed by atoms with E-state index in [1.165, 1.54) is 0 Å². The van der Waals surface area contributed by atoms with E-state index in [2.05, 4.69) is 10.4 Å². The number of carbonyl (C=O) groups excluding carboxylic acids is 1. The second-order valence-corrected chi connectivity index (χ2v) is 8.08. The fourth-order valence-corrected chi connectivity index (χ4v) is 3.88. The number of carboxylic acids is 1. The van der Waals surface area contributed by atoms with Gasteiger partial charge in [-0.25, -0.2) is 9.48 Å². The van der Waals surface area contributed by atoms with Crippen molar-refractivity contribution in [1.82, 2.24) is 9.78 Å². The van der Waals surface area contributed by atoms with Gasteiger partial charge in [-0.2, -0.15) is 5.10 Å². The van der Waals surface area contributed by atoms with E-state index in [-0.39, 0.29) is 6.61 Å². The van der Waals surface area contributed by atoms with Gasteiger partial charge in [-0.15, -0.1) is 0 Å². The minimum Gasteiger partial charge on any atom is -0.480 e. The van der Waals surface area contributed by atoms with Crippen molar-refractivity contribution in [2.45, 2.75) is 20.5 Å². The summed E-state index contributed by atoms with van der Waals surface area (Å²) in [6.07, 6.45) is 1.15. The number of nitrogens with zero attached hydrogens (tertiary/aromatic N) is 3. The fraction of sp³-hybridized carbons (Fsp3) is 0.148. The number of carbonyl (C=O) groups is 2. The van der Waals surface area contributed by atoms with Crippen molar-refractivity contribution in [2.24, 2.45) is 0 Å².